The van der Waals surface area contributed by atoms with Gasteiger partial charge in [0.25, 0.3) is 0 Å². The molecule has 0 aliphatic rings. The zero-order valence-corrected chi connectivity index (χ0v) is 9.86. The second-order valence-electron chi connectivity index (χ2n) is 2.77. The van der Waals surface area contributed by atoms with Gasteiger partial charge in [-0.1, -0.05) is 0 Å². The van der Waals surface area contributed by atoms with Crippen molar-refractivity contribution < 1.29 is 31.8 Å². The van der Waals surface area contributed by atoms with Gasteiger partial charge in [-0.15, -0.1) is 13.2 Å². The quantitative estimate of drug-likeness (QED) is 0.620. The molecule has 0 aliphatic carbocycles. The molecule has 0 unspecified atom stereocenters. The van der Waals surface area contributed by atoms with Crippen LogP contribution in [0, 0.1) is 5.82 Å². The lowest BCUT2D eigenvalue weighted by atomic mass is 10.2. The zero-order valence-electron chi connectivity index (χ0n) is 8.27. The maximum absolute atomic E-state index is 13.2. The monoisotopic (exact) mass is 316 g/mol. The molecular weight excluding hydrogens is 312 g/mol. The number of ether oxygens (including phenoxy) is 2. The van der Waals surface area contributed by atoms with Crippen LogP contribution in [-0.2, 0) is 4.74 Å². The van der Waals surface area contributed by atoms with Crippen molar-refractivity contribution >= 4 is 21.9 Å². The van der Waals surface area contributed by atoms with Crippen LogP contribution in [0.1, 0.15) is 10.4 Å². The Hall–Kier alpha value is -1.31. The van der Waals surface area contributed by atoms with Gasteiger partial charge in [-0.05, 0) is 28.1 Å². The lowest BCUT2D eigenvalue weighted by Gasteiger charge is -2.13. The average molecular weight is 317 g/mol. The van der Waals surface area contributed by atoms with E-state index in [0.29, 0.717) is 0 Å². The van der Waals surface area contributed by atoms with Crippen molar-refractivity contribution in [2.75, 3.05) is 7.11 Å². The minimum absolute atomic E-state index is 0.0648. The van der Waals surface area contributed by atoms with Gasteiger partial charge in [-0.25, -0.2) is 9.18 Å². The molecule has 0 spiro atoms. The summed E-state index contributed by atoms with van der Waals surface area (Å²) in [4.78, 5) is 11.2. The van der Waals surface area contributed by atoms with Crippen molar-refractivity contribution in [1.29, 1.82) is 0 Å². The van der Waals surface area contributed by atoms with Gasteiger partial charge in [0.1, 0.15) is 5.56 Å². The highest BCUT2D eigenvalue weighted by molar-refractivity contribution is 9.10. The maximum Gasteiger partial charge on any atom is 0.573 e. The van der Waals surface area contributed by atoms with Crippen molar-refractivity contribution in [2.45, 2.75) is 6.36 Å². The summed E-state index contributed by atoms with van der Waals surface area (Å²) < 4.78 is 57.0. The molecule has 0 atom stereocenters. The molecule has 1 aromatic carbocycles. The predicted molar refractivity (Wildman–Crippen MR) is 52.1 cm³/mol. The van der Waals surface area contributed by atoms with Crippen LogP contribution in [0.4, 0.5) is 17.6 Å². The summed E-state index contributed by atoms with van der Waals surface area (Å²) in [6.45, 7) is 0. The van der Waals surface area contributed by atoms with Gasteiger partial charge < -0.3 is 9.47 Å². The number of alkyl halides is 3. The Morgan fingerprint density at radius 2 is 1.94 bits per heavy atom. The second-order valence-corrected chi connectivity index (χ2v) is 3.63. The smallest absolute Gasteiger partial charge is 0.465 e. The first-order valence-corrected chi connectivity index (χ1v) is 4.87. The van der Waals surface area contributed by atoms with E-state index in [0.717, 1.165) is 19.2 Å². The number of halogens is 5. The summed E-state index contributed by atoms with van der Waals surface area (Å²) in [5.74, 6) is -3.68. The molecule has 8 heteroatoms. The van der Waals surface area contributed by atoms with Crippen molar-refractivity contribution in [1.82, 2.24) is 0 Å². The first-order chi connectivity index (χ1) is 7.76. The van der Waals surface area contributed by atoms with E-state index in [4.69, 9.17) is 0 Å². The average Bonchev–Trinajstić information content (AvgIpc) is 2.21. The third-order valence-corrected chi connectivity index (χ3v) is 2.33. The Morgan fingerprint density at radius 1 is 1.35 bits per heavy atom. The van der Waals surface area contributed by atoms with E-state index in [1.807, 2.05) is 0 Å². The van der Waals surface area contributed by atoms with Crippen molar-refractivity contribution in [3.8, 4) is 5.75 Å². The van der Waals surface area contributed by atoms with E-state index in [-0.39, 0.29) is 4.47 Å². The van der Waals surface area contributed by atoms with Crippen LogP contribution in [0.3, 0.4) is 0 Å². The second kappa shape index (κ2) is 4.91. The summed E-state index contributed by atoms with van der Waals surface area (Å²) >= 11 is 2.82. The Bertz CT molecular complexity index is 445. The molecule has 0 aliphatic heterocycles. The summed E-state index contributed by atoms with van der Waals surface area (Å²) in [5, 5.41) is 0. The molecule has 0 saturated carbocycles. The molecule has 3 nitrogen and oxygen atoms in total. The predicted octanol–water partition coefficient (Wildman–Crippen LogP) is 3.27. The fraction of sp³-hybridized carbons (Fsp3) is 0.222. The Kier molecular flexibility index (Phi) is 3.97. The minimum atomic E-state index is -5.11. The van der Waals surface area contributed by atoms with Crippen LogP contribution in [0.15, 0.2) is 16.6 Å². The minimum Gasteiger partial charge on any atom is -0.465 e. The summed E-state index contributed by atoms with van der Waals surface area (Å²) in [5.41, 5.74) is -0.662. The molecule has 0 heterocycles. The van der Waals surface area contributed by atoms with E-state index in [1.54, 1.807) is 0 Å². The molecule has 0 radical (unpaired) electrons. The number of carbonyl (C=O) groups excluding carboxylic acids is 1. The van der Waals surface area contributed by atoms with Gasteiger partial charge in [-0.2, -0.15) is 0 Å². The van der Waals surface area contributed by atoms with Gasteiger partial charge in [0.2, 0.25) is 0 Å². The number of hydrogen-bond acceptors (Lipinski definition) is 3. The summed E-state index contributed by atoms with van der Waals surface area (Å²) in [7, 11) is 0.955. The molecule has 0 fully saturated rings. The normalized spacial score (nSPS) is 11.2. The molecule has 0 amide bonds. The van der Waals surface area contributed by atoms with E-state index >= 15 is 0 Å². The Labute approximate surface area is 101 Å². The fourth-order valence-corrected chi connectivity index (χ4v) is 1.52. The number of hydrogen-bond donors (Lipinski definition) is 0. The molecule has 0 aromatic heterocycles. The summed E-state index contributed by atoms with van der Waals surface area (Å²) in [6, 6.07) is 1.81. The van der Waals surface area contributed by atoms with Gasteiger partial charge in [0.15, 0.2) is 11.6 Å². The molecular formula is C9H5BrF4O3. The molecule has 0 N–H and O–H groups in total. The topological polar surface area (TPSA) is 35.5 Å². The van der Waals surface area contributed by atoms with Gasteiger partial charge >= 0.3 is 12.3 Å². The lowest BCUT2D eigenvalue weighted by molar-refractivity contribution is -0.275. The van der Waals surface area contributed by atoms with E-state index in [2.05, 4.69) is 25.4 Å². The molecule has 17 heavy (non-hydrogen) atoms. The highest BCUT2D eigenvalue weighted by Gasteiger charge is 2.35. The Morgan fingerprint density at radius 3 is 2.41 bits per heavy atom. The van der Waals surface area contributed by atoms with Gasteiger partial charge in [0.05, 0.1) is 7.11 Å². The van der Waals surface area contributed by atoms with Crippen molar-refractivity contribution in [2.24, 2.45) is 0 Å². The maximum atomic E-state index is 13.2. The van der Waals surface area contributed by atoms with Crippen LogP contribution in [0.25, 0.3) is 0 Å². The van der Waals surface area contributed by atoms with Crippen molar-refractivity contribution in [3.63, 3.8) is 0 Å². The summed E-state index contributed by atoms with van der Waals surface area (Å²) in [6.07, 6.45) is -5.11. The first kappa shape index (κ1) is 13.8. The van der Waals surface area contributed by atoms with E-state index in [9.17, 15) is 22.4 Å². The van der Waals surface area contributed by atoms with Crippen LogP contribution < -0.4 is 4.74 Å². The fourth-order valence-electron chi connectivity index (χ4n) is 1.04. The SMILES string of the molecule is COC(=O)c1c(Br)ccc(F)c1OC(F)(F)F. The van der Waals surface area contributed by atoms with E-state index < -0.39 is 29.5 Å². The number of carbonyl (C=O) groups is 1. The van der Waals surface area contributed by atoms with Gasteiger partial charge in [0, 0.05) is 4.47 Å². The van der Waals surface area contributed by atoms with E-state index in [1.165, 1.54) is 0 Å². The standard InChI is InChI=1S/C9H5BrF4O3/c1-16-8(15)6-4(10)2-3-5(11)7(6)17-9(12,13)14/h2-3H,1H3. The molecule has 94 valence electrons. The third-order valence-electron chi connectivity index (χ3n) is 1.67. The van der Waals surface area contributed by atoms with Crippen LogP contribution >= 0.6 is 15.9 Å². The Balaban J connectivity index is 3.35. The van der Waals surface area contributed by atoms with Gasteiger partial charge in [-0.3, -0.25) is 0 Å². The highest BCUT2D eigenvalue weighted by atomic mass is 79.9. The van der Waals surface area contributed by atoms with Crippen LogP contribution in [-0.4, -0.2) is 19.4 Å². The largest absolute Gasteiger partial charge is 0.573 e. The van der Waals surface area contributed by atoms with Crippen molar-refractivity contribution in [3.05, 3.63) is 28.0 Å². The number of methoxy groups -OCH3 is 1. The molecule has 0 saturated heterocycles. The molecule has 1 aromatic rings. The highest BCUT2D eigenvalue weighted by Crippen LogP contribution is 2.34. The van der Waals surface area contributed by atoms with Crippen LogP contribution in [0.5, 0.6) is 5.75 Å². The first-order valence-electron chi connectivity index (χ1n) is 4.08. The van der Waals surface area contributed by atoms with Crippen LogP contribution in [0.2, 0.25) is 0 Å². The number of esters is 1. The number of rotatable bonds is 2. The zero-order chi connectivity index (χ0) is 13.2. The lowest BCUT2D eigenvalue weighted by Crippen LogP contribution is -2.20. The molecule has 1 rings (SSSR count). The number of benzene rings is 1. The molecule has 0 bridgehead atoms. The third kappa shape index (κ3) is 3.32.